The summed E-state index contributed by atoms with van der Waals surface area (Å²) < 4.78 is 0. The first-order valence-corrected chi connectivity index (χ1v) is 7.85. The first-order chi connectivity index (χ1) is 11.7. The number of pyridine rings is 1. The summed E-state index contributed by atoms with van der Waals surface area (Å²) in [5, 5.41) is 28.5. The van der Waals surface area contributed by atoms with Crippen molar-refractivity contribution in [1.82, 2.24) is 26.3 Å². The van der Waals surface area contributed by atoms with Crippen LogP contribution in [0.2, 0.25) is 0 Å². The van der Waals surface area contributed by atoms with Crippen molar-refractivity contribution < 1.29 is 19.8 Å². The average molecular weight is 339 g/mol. The number of rotatable bonds is 12. The largest absolute Gasteiger partial charge is 0.395 e. The van der Waals surface area contributed by atoms with Crippen molar-refractivity contribution in [3.63, 3.8) is 0 Å². The zero-order chi connectivity index (χ0) is 17.6. The highest BCUT2D eigenvalue weighted by Crippen LogP contribution is 1.99. The number of hydrogen-bond donors (Lipinski definition) is 6. The molecular formula is C15H25N5O4. The Morgan fingerprint density at radius 2 is 1.25 bits per heavy atom. The highest BCUT2D eigenvalue weighted by molar-refractivity contribution is 5.96. The van der Waals surface area contributed by atoms with E-state index in [9.17, 15) is 9.59 Å². The Hall–Kier alpha value is -2.07. The van der Waals surface area contributed by atoms with Gasteiger partial charge >= 0.3 is 0 Å². The Labute approximate surface area is 140 Å². The molecule has 24 heavy (non-hydrogen) atoms. The molecule has 0 bridgehead atoms. The maximum absolute atomic E-state index is 12.0. The van der Waals surface area contributed by atoms with E-state index < -0.39 is 0 Å². The third kappa shape index (κ3) is 7.97. The van der Waals surface area contributed by atoms with Crippen LogP contribution in [0.3, 0.4) is 0 Å². The average Bonchev–Trinajstić information content (AvgIpc) is 2.61. The topological polar surface area (TPSA) is 136 Å². The number of nitrogens with zero attached hydrogens (tertiary/aromatic N) is 1. The fourth-order valence-corrected chi connectivity index (χ4v) is 1.81. The first kappa shape index (κ1) is 20.0. The molecular weight excluding hydrogens is 314 g/mol. The van der Waals surface area contributed by atoms with E-state index in [4.69, 9.17) is 10.2 Å². The molecule has 0 saturated heterocycles. The number of aromatic nitrogens is 1. The van der Waals surface area contributed by atoms with Crippen molar-refractivity contribution in [2.24, 2.45) is 0 Å². The van der Waals surface area contributed by atoms with Crippen LogP contribution in [0.25, 0.3) is 0 Å². The predicted molar refractivity (Wildman–Crippen MR) is 88.8 cm³/mol. The van der Waals surface area contributed by atoms with Gasteiger partial charge in [0.05, 0.1) is 13.2 Å². The second-order valence-corrected chi connectivity index (χ2v) is 4.87. The zero-order valence-electron chi connectivity index (χ0n) is 13.5. The molecule has 0 aliphatic carbocycles. The third-order valence-electron chi connectivity index (χ3n) is 2.97. The standard InChI is InChI=1S/C15H25N5O4/c21-10-8-16-4-6-18-14(23)12-2-1-3-13(20-12)15(24)19-7-5-17-9-11-22/h1-3,16-17,21-22H,4-11H2,(H,18,23)(H,19,24). The van der Waals surface area contributed by atoms with E-state index in [2.05, 4.69) is 26.3 Å². The molecule has 0 fully saturated rings. The van der Waals surface area contributed by atoms with Crippen LogP contribution in [0.4, 0.5) is 0 Å². The van der Waals surface area contributed by atoms with E-state index in [1.165, 1.54) is 12.1 Å². The summed E-state index contributed by atoms with van der Waals surface area (Å²) in [6, 6.07) is 4.68. The third-order valence-corrected chi connectivity index (χ3v) is 2.97. The van der Waals surface area contributed by atoms with Crippen LogP contribution in [-0.4, -0.2) is 79.5 Å². The number of carbonyl (C=O) groups is 2. The molecule has 0 aromatic carbocycles. The Balaban J connectivity index is 2.41. The van der Waals surface area contributed by atoms with E-state index in [1.807, 2.05) is 0 Å². The maximum atomic E-state index is 12.0. The SMILES string of the molecule is O=C(NCCNCCO)c1cccc(C(=O)NCCNCCO)n1. The van der Waals surface area contributed by atoms with Crippen molar-refractivity contribution in [1.29, 1.82) is 0 Å². The molecule has 134 valence electrons. The van der Waals surface area contributed by atoms with Crippen molar-refractivity contribution in [3.8, 4) is 0 Å². The Kier molecular flexibility index (Phi) is 10.3. The van der Waals surface area contributed by atoms with E-state index >= 15 is 0 Å². The number of carbonyl (C=O) groups excluding carboxylic acids is 2. The molecule has 0 spiro atoms. The van der Waals surface area contributed by atoms with Gasteiger partial charge in [-0.2, -0.15) is 0 Å². The number of aliphatic hydroxyl groups is 2. The molecule has 0 aliphatic heterocycles. The van der Waals surface area contributed by atoms with Crippen LogP contribution < -0.4 is 21.3 Å². The lowest BCUT2D eigenvalue weighted by Crippen LogP contribution is -2.34. The molecule has 2 amide bonds. The fraction of sp³-hybridized carbons (Fsp3) is 0.533. The van der Waals surface area contributed by atoms with Crippen LogP contribution in [0.1, 0.15) is 21.0 Å². The molecule has 1 rings (SSSR count). The Morgan fingerprint density at radius 3 is 1.67 bits per heavy atom. The summed E-state index contributed by atoms with van der Waals surface area (Å²) in [7, 11) is 0. The number of amides is 2. The molecule has 0 unspecified atom stereocenters. The zero-order valence-corrected chi connectivity index (χ0v) is 13.5. The normalized spacial score (nSPS) is 10.4. The Bertz CT molecular complexity index is 471. The van der Waals surface area contributed by atoms with Crippen LogP contribution in [-0.2, 0) is 0 Å². The lowest BCUT2D eigenvalue weighted by atomic mass is 10.2. The molecule has 9 nitrogen and oxygen atoms in total. The van der Waals surface area contributed by atoms with Gasteiger partial charge in [0.15, 0.2) is 0 Å². The quantitative estimate of drug-likeness (QED) is 0.236. The van der Waals surface area contributed by atoms with Gasteiger partial charge in [-0.1, -0.05) is 6.07 Å². The van der Waals surface area contributed by atoms with Gasteiger partial charge in [0.1, 0.15) is 11.4 Å². The molecule has 1 aromatic rings. The minimum absolute atomic E-state index is 0.0438. The first-order valence-electron chi connectivity index (χ1n) is 7.85. The number of nitrogens with one attached hydrogen (secondary N) is 4. The summed E-state index contributed by atoms with van der Waals surface area (Å²) in [6.07, 6.45) is 0. The molecule has 9 heteroatoms. The highest BCUT2D eigenvalue weighted by Gasteiger charge is 2.11. The van der Waals surface area contributed by atoms with Crippen LogP contribution >= 0.6 is 0 Å². The molecule has 0 aliphatic rings. The lowest BCUT2D eigenvalue weighted by Gasteiger charge is -2.08. The molecule has 6 N–H and O–H groups in total. The molecule has 0 saturated carbocycles. The van der Waals surface area contributed by atoms with Gasteiger partial charge in [-0.3, -0.25) is 9.59 Å². The van der Waals surface area contributed by atoms with Gasteiger partial charge in [0.25, 0.3) is 11.8 Å². The maximum Gasteiger partial charge on any atom is 0.269 e. The van der Waals surface area contributed by atoms with Gasteiger partial charge in [-0.25, -0.2) is 4.98 Å². The van der Waals surface area contributed by atoms with Gasteiger partial charge in [0, 0.05) is 39.3 Å². The smallest absolute Gasteiger partial charge is 0.269 e. The van der Waals surface area contributed by atoms with E-state index in [-0.39, 0.29) is 36.4 Å². The summed E-state index contributed by atoms with van der Waals surface area (Å²) in [5.41, 5.74) is 0.339. The van der Waals surface area contributed by atoms with Gasteiger partial charge < -0.3 is 31.5 Å². The van der Waals surface area contributed by atoms with E-state index in [0.717, 1.165) is 0 Å². The van der Waals surface area contributed by atoms with Crippen LogP contribution in [0.15, 0.2) is 18.2 Å². The van der Waals surface area contributed by atoms with Gasteiger partial charge in [0.2, 0.25) is 0 Å². The highest BCUT2D eigenvalue weighted by atomic mass is 16.3. The lowest BCUT2D eigenvalue weighted by molar-refractivity contribution is 0.0944. The number of aliphatic hydroxyl groups excluding tert-OH is 2. The second-order valence-electron chi connectivity index (χ2n) is 4.87. The van der Waals surface area contributed by atoms with Crippen molar-refractivity contribution >= 4 is 11.8 Å². The van der Waals surface area contributed by atoms with Crippen molar-refractivity contribution in [2.75, 3.05) is 52.5 Å². The second kappa shape index (κ2) is 12.4. The summed E-state index contributed by atoms with van der Waals surface area (Å²) >= 11 is 0. The Morgan fingerprint density at radius 1 is 0.792 bits per heavy atom. The van der Waals surface area contributed by atoms with Crippen molar-refractivity contribution in [2.45, 2.75) is 0 Å². The molecule has 0 radical (unpaired) electrons. The summed E-state index contributed by atoms with van der Waals surface area (Å²) in [6.45, 7) is 2.89. The monoisotopic (exact) mass is 339 g/mol. The van der Waals surface area contributed by atoms with Gasteiger partial charge in [-0.05, 0) is 12.1 Å². The minimum atomic E-state index is -0.361. The van der Waals surface area contributed by atoms with Crippen molar-refractivity contribution in [3.05, 3.63) is 29.6 Å². The summed E-state index contributed by atoms with van der Waals surface area (Å²) in [5.74, 6) is -0.722. The molecule has 0 atom stereocenters. The van der Waals surface area contributed by atoms with Gasteiger partial charge in [-0.15, -0.1) is 0 Å². The minimum Gasteiger partial charge on any atom is -0.395 e. The summed E-state index contributed by atoms with van der Waals surface area (Å²) in [4.78, 5) is 28.0. The predicted octanol–water partition coefficient (Wildman–Crippen LogP) is -2.29. The number of hydrogen-bond acceptors (Lipinski definition) is 7. The van der Waals surface area contributed by atoms with Crippen LogP contribution in [0.5, 0.6) is 0 Å². The van der Waals surface area contributed by atoms with E-state index in [1.54, 1.807) is 6.07 Å². The van der Waals surface area contributed by atoms with E-state index in [0.29, 0.717) is 39.3 Å². The molecule has 1 heterocycles. The fourth-order valence-electron chi connectivity index (χ4n) is 1.81. The van der Waals surface area contributed by atoms with Crippen LogP contribution in [0, 0.1) is 0 Å². The molecule has 1 aromatic heterocycles.